The molecule has 0 saturated carbocycles. The summed E-state index contributed by atoms with van der Waals surface area (Å²) >= 11 is 0. The number of aliphatic hydroxyl groups is 1. The molecule has 0 radical (unpaired) electrons. The van der Waals surface area contributed by atoms with E-state index in [2.05, 4.69) is 0 Å². The maximum Gasteiger partial charge on any atom is 0.123 e. The van der Waals surface area contributed by atoms with Crippen LogP contribution in [0.25, 0.3) is 0 Å². The summed E-state index contributed by atoms with van der Waals surface area (Å²) in [5, 5.41) is 10.4. The first-order valence-corrected chi connectivity index (χ1v) is 5.60. The smallest absolute Gasteiger partial charge is 0.123 e. The fourth-order valence-electron chi connectivity index (χ4n) is 2.16. The van der Waals surface area contributed by atoms with E-state index in [1.54, 1.807) is 6.07 Å². The van der Waals surface area contributed by atoms with E-state index in [0.29, 0.717) is 19.4 Å². The van der Waals surface area contributed by atoms with Gasteiger partial charge in [-0.15, -0.1) is 0 Å². The van der Waals surface area contributed by atoms with Crippen molar-refractivity contribution in [2.45, 2.75) is 38.4 Å². The Morgan fingerprint density at radius 2 is 2.31 bits per heavy atom. The molecular weight excluding hydrogens is 207 g/mol. The van der Waals surface area contributed by atoms with Crippen LogP contribution in [0.4, 0.5) is 4.39 Å². The molecule has 0 bridgehead atoms. The van der Waals surface area contributed by atoms with Crippen molar-refractivity contribution in [3.8, 4) is 0 Å². The van der Waals surface area contributed by atoms with Gasteiger partial charge in [-0.3, -0.25) is 0 Å². The van der Waals surface area contributed by atoms with Crippen LogP contribution in [0, 0.1) is 12.7 Å². The molecule has 0 aromatic heterocycles. The molecule has 3 heteroatoms. The number of halogens is 1. The van der Waals surface area contributed by atoms with Gasteiger partial charge in [0.05, 0.1) is 11.7 Å². The molecule has 1 aliphatic heterocycles. The third-order valence-corrected chi connectivity index (χ3v) is 3.47. The predicted octanol–water partition coefficient (Wildman–Crippen LogP) is 2.22. The van der Waals surface area contributed by atoms with Gasteiger partial charge in [0, 0.05) is 19.4 Å². The number of rotatable bonds is 2. The number of benzene rings is 1. The molecule has 88 valence electrons. The molecule has 2 nitrogen and oxygen atoms in total. The SMILES string of the molecule is Cc1ccc(F)cc1CC1(O)CCOC1C. The Hall–Kier alpha value is -0.930. The third kappa shape index (κ3) is 2.11. The lowest BCUT2D eigenvalue weighted by molar-refractivity contribution is -0.0270. The van der Waals surface area contributed by atoms with E-state index < -0.39 is 5.60 Å². The molecule has 1 heterocycles. The third-order valence-electron chi connectivity index (χ3n) is 3.47. The van der Waals surface area contributed by atoms with Crippen molar-refractivity contribution in [2.75, 3.05) is 6.61 Å². The van der Waals surface area contributed by atoms with E-state index in [-0.39, 0.29) is 11.9 Å². The van der Waals surface area contributed by atoms with Gasteiger partial charge in [-0.05, 0) is 37.1 Å². The first-order valence-electron chi connectivity index (χ1n) is 5.60. The van der Waals surface area contributed by atoms with Crippen LogP contribution in [0.5, 0.6) is 0 Å². The van der Waals surface area contributed by atoms with Crippen molar-refractivity contribution < 1.29 is 14.2 Å². The van der Waals surface area contributed by atoms with E-state index in [0.717, 1.165) is 11.1 Å². The van der Waals surface area contributed by atoms with Crippen LogP contribution in [0.15, 0.2) is 18.2 Å². The first kappa shape index (κ1) is 11.6. The lowest BCUT2D eigenvalue weighted by Crippen LogP contribution is -2.38. The van der Waals surface area contributed by atoms with Crippen molar-refractivity contribution in [3.05, 3.63) is 35.1 Å². The fourth-order valence-corrected chi connectivity index (χ4v) is 2.16. The first-order chi connectivity index (χ1) is 7.51. The van der Waals surface area contributed by atoms with E-state index >= 15 is 0 Å². The van der Waals surface area contributed by atoms with Crippen LogP contribution < -0.4 is 0 Å². The Balaban J connectivity index is 2.23. The molecule has 0 spiro atoms. The second-order valence-electron chi connectivity index (χ2n) is 4.61. The zero-order valence-electron chi connectivity index (χ0n) is 9.66. The summed E-state index contributed by atoms with van der Waals surface area (Å²) in [4.78, 5) is 0. The van der Waals surface area contributed by atoms with Crippen LogP contribution in [-0.2, 0) is 11.2 Å². The normalized spacial score (nSPS) is 29.6. The van der Waals surface area contributed by atoms with E-state index in [1.807, 2.05) is 13.8 Å². The summed E-state index contributed by atoms with van der Waals surface area (Å²) < 4.78 is 18.5. The Kier molecular flexibility index (Phi) is 3.00. The average molecular weight is 224 g/mol. The number of hydrogen-bond donors (Lipinski definition) is 1. The second kappa shape index (κ2) is 4.15. The maximum atomic E-state index is 13.1. The van der Waals surface area contributed by atoms with Gasteiger partial charge in [-0.25, -0.2) is 4.39 Å². The molecule has 1 fully saturated rings. The molecule has 1 aliphatic rings. The monoisotopic (exact) mass is 224 g/mol. The Morgan fingerprint density at radius 1 is 1.56 bits per heavy atom. The molecule has 0 amide bonds. The van der Waals surface area contributed by atoms with Gasteiger partial charge in [-0.2, -0.15) is 0 Å². The largest absolute Gasteiger partial charge is 0.387 e. The molecular formula is C13H17FO2. The van der Waals surface area contributed by atoms with Gasteiger partial charge in [-0.1, -0.05) is 6.07 Å². The summed E-state index contributed by atoms with van der Waals surface area (Å²) in [6.07, 6.45) is 0.886. The molecule has 16 heavy (non-hydrogen) atoms. The molecule has 1 saturated heterocycles. The van der Waals surface area contributed by atoms with Crippen molar-refractivity contribution >= 4 is 0 Å². The van der Waals surface area contributed by atoms with Crippen LogP contribution in [0.2, 0.25) is 0 Å². The van der Waals surface area contributed by atoms with Gasteiger partial charge in [0.25, 0.3) is 0 Å². The van der Waals surface area contributed by atoms with Crippen LogP contribution in [0.3, 0.4) is 0 Å². The van der Waals surface area contributed by atoms with Gasteiger partial charge < -0.3 is 9.84 Å². The summed E-state index contributed by atoms with van der Waals surface area (Å²) in [6.45, 7) is 4.37. The zero-order chi connectivity index (χ0) is 11.8. The van der Waals surface area contributed by atoms with Crippen LogP contribution >= 0.6 is 0 Å². The number of hydrogen-bond acceptors (Lipinski definition) is 2. The number of aryl methyl sites for hydroxylation is 1. The van der Waals surface area contributed by atoms with Gasteiger partial charge in [0.15, 0.2) is 0 Å². The summed E-state index contributed by atoms with van der Waals surface area (Å²) in [6, 6.07) is 4.68. The second-order valence-corrected chi connectivity index (χ2v) is 4.61. The standard InChI is InChI=1S/C13H17FO2/c1-9-3-4-12(14)7-11(9)8-13(15)5-6-16-10(13)2/h3-4,7,10,15H,5-6,8H2,1-2H3. The highest BCUT2D eigenvalue weighted by molar-refractivity contribution is 5.28. The Bertz CT molecular complexity index is 392. The quantitative estimate of drug-likeness (QED) is 0.834. The molecule has 1 aromatic carbocycles. The minimum atomic E-state index is -0.849. The zero-order valence-corrected chi connectivity index (χ0v) is 9.66. The molecule has 0 aliphatic carbocycles. The number of ether oxygens (including phenoxy) is 1. The summed E-state index contributed by atoms with van der Waals surface area (Å²) in [7, 11) is 0. The maximum absolute atomic E-state index is 13.1. The highest BCUT2D eigenvalue weighted by Gasteiger charge is 2.39. The molecule has 2 atom stereocenters. The summed E-state index contributed by atoms with van der Waals surface area (Å²) in [5.74, 6) is -0.254. The van der Waals surface area contributed by atoms with Crippen LogP contribution in [0.1, 0.15) is 24.5 Å². The van der Waals surface area contributed by atoms with E-state index in [4.69, 9.17) is 4.74 Å². The summed E-state index contributed by atoms with van der Waals surface area (Å²) in [5.41, 5.74) is 1.02. The molecule has 2 unspecified atom stereocenters. The van der Waals surface area contributed by atoms with Crippen molar-refractivity contribution in [1.29, 1.82) is 0 Å². The highest BCUT2D eigenvalue weighted by Crippen LogP contribution is 2.30. The minimum Gasteiger partial charge on any atom is -0.387 e. The topological polar surface area (TPSA) is 29.5 Å². The van der Waals surface area contributed by atoms with Crippen LogP contribution in [-0.4, -0.2) is 23.4 Å². The molecule has 2 rings (SSSR count). The van der Waals surface area contributed by atoms with E-state index in [1.165, 1.54) is 12.1 Å². The van der Waals surface area contributed by atoms with Gasteiger partial charge in [0.2, 0.25) is 0 Å². The van der Waals surface area contributed by atoms with E-state index in [9.17, 15) is 9.50 Å². The lowest BCUT2D eigenvalue weighted by atomic mass is 9.87. The highest BCUT2D eigenvalue weighted by atomic mass is 19.1. The fraction of sp³-hybridized carbons (Fsp3) is 0.538. The average Bonchev–Trinajstić information content (AvgIpc) is 2.53. The molecule has 1 aromatic rings. The minimum absolute atomic E-state index is 0.185. The van der Waals surface area contributed by atoms with Crippen molar-refractivity contribution in [2.24, 2.45) is 0 Å². The lowest BCUT2D eigenvalue weighted by Gasteiger charge is -2.26. The molecule has 1 N–H and O–H groups in total. The van der Waals surface area contributed by atoms with Crippen molar-refractivity contribution in [3.63, 3.8) is 0 Å². The van der Waals surface area contributed by atoms with Gasteiger partial charge >= 0.3 is 0 Å². The van der Waals surface area contributed by atoms with Crippen molar-refractivity contribution in [1.82, 2.24) is 0 Å². The Labute approximate surface area is 95.1 Å². The van der Waals surface area contributed by atoms with Gasteiger partial charge in [0.1, 0.15) is 5.82 Å². The predicted molar refractivity (Wildman–Crippen MR) is 59.8 cm³/mol. The Morgan fingerprint density at radius 3 is 2.94 bits per heavy atom.